The van der Waals surface area contributed by atoms with Crippen LogP contribution in [-0.4, -0.2) is 47.1 Å². The van der Waals surface area contributed by atoms with E-state index >= 15 is 0 Å². The van der Waals surface area contributed by atoms with E-state index in [4.69, 9.17) is 5.11 Å². The van der Waals surface area contributed by atoms with Crippen molar-refractivity contribution in [3.63, 3.8) is 0 Å². The van der Waals surface area contributed by atoms with Gasteiger partial charge >= 0.3 is 5.97 Å². The third-order valence-electron chi connectivity index (χ3n) is 5.08. The first kappa shape index (κ1) is 12.9. The van der Waals surface area contributed by atoms with Crippen LogP contribution in [0.25, 0.3) is 0 Å². The highest BCUT2D eigenvalue weighted by Crippen LogP contribution is 2.39. The van der Waals surface area contributed by atoms with Crippen molar-refractivity contribution in [2.45, 2.75) is 50.6 Å². The minimum Gasteiger partial charge on any atom is -0.481 e. The molecule has 1 saturated carbocycles. The first-order chi connectivity index (χ1) is 9.16. The van der Waals surface area contributed by atoms with E-state index in [1.54, 1.807) is 0 Å². The molecule has 2 N–H and O–H groups in total. The van der Waals surface area contributed by atoms with Gasteiger partial charge in [-0.15, -0.1) is 0 Å². The number of hydrogen-bond acceptors (Lipinski definition) is 3. The number of carboxylic acids is 1. The first-order valence-electron chi connectivity index (χ1n) is 7.42. The molecule has 2 heterocycles. The van der Waals surface area contributed by atoms with Gasteiger partial charge in [0.15, 0.2) is 0 Å². The topological polar surface area (TPSA) is 69.6 Å². The average Bonchev–Trinajstić information content (AvgIpc) is 3.01. The van der Waals surface area contributed by atoms with Crippen LogP contribution in [0.4, 0.5) is 0 Å². The summed E-state index contributed by atoms with van der Waals surface area (Å²) in [6.45, 7) is 1.69. The average molecular weight is 266 g/mol. The van der Waals surface area contributed by atoms with Crippen LogP contribution in [0.1, 0.15) is 38.5 Å². The Morgan fingerprint density at radius 3 is 2.84 bits per heavy atom. The number of fused-ring (bicyclic) bond motifs is 1. The lowest BCUT2D eigenvalue weighted by Crippen LogP contribution is -2.48. The molecule has 106 valence electrons. The monoisotopic (exact) mass is 266 g/mol. The molecule has 5 nitrogen and oxygen atoms in total. The highest BCUT2D eigenvalue weighted by molar-refractivity contribution is 5.84. The number of likely N-dealkylation sites (tertiary alicyclic amines) is 1. The summed E-state index contributed by atoms with van der Waals surface area (Å²) >= 11 is 0. The normalized spacial score (nSPS) is 37.6. The molecule has 0 aromatic rings. The van der Waals surface area contributed by atoms with E-state index in [1.165, 1.54) is 12.8 Å². The minimum atomic E-state index is -0.803. The number of nitrogens with one attached hydrogen (secondary N) is 1. The molecule has 2 saturated heterocycles. The van der Waals surface area contributed by atoms with Crippen molar-refractivity contribution in [3.8, 4) is 0 Å². The van der Waals surface area contributed by atoms with Crippen molar-refractivity contribution in [2.75, 3.05) is 13.1 Å². The zero-order chi connectivity index (χ0) is 13.4. The molecular weight excluding hydrogens is 244 g/mol. The molecular formula is C14H22N2O3. The highest BCUT2D eigenvalue weighted by atomic mass is 16.4. The quantitative estimate of drug-likeness (QED) is 0.794. The molecule has 3 aliphatic rings. The summed E-state index contributed by atoms with van der Waals surface area (Å²) in [5.41, 5.74) is 0. The second kappa shape index (κ2) is 5.12. The molecule has 4 atom stereocenters. The molecule has 0 bridgehead atoms. The Kier molecular flexibility index (Phi) is 3.48. The van der Waals surface area contributed by atoms with E-state index < -0.39 is 5.97 Å². The molecule has 19 heavy (non-hydrogen) atoms. The van der Waals surface area contributed by atoms with Gasteiger partial charge in [0.2, 0.25) is 5.91 Å². The number of hydrogen-bond donors (Lipinski definition) is 2. The number of carbonyl (C=O) groups is 2. The zero-order valence-corrected chi connectivity index (χ0v) is 11.2. The van der Waals surface area contributed by atoms with Gasteiger partial charge in [0.05, 0.1) is 12.5 Å². The van der Waals surface area contributed by atoms with Crippen LogP contribution < -0.4 is 5.32 Å². The van der Waals surface area contributed by atoms with Gasteiger partial charge in [-0.2, -0.15) is 0 Å². The second-order valence-electron chi connectivity index (χ2n) is 6.17. The standard InChI is InChI=1S/C14H22N2O3/c17-12(18)7-10-4-2-6-16(10)14(19)13-11-5-1-3-9(11)8-15-13/h9-11,13,15H,1-8H2,(H,17,18). The molecule has 2 aliphatic heterocycles. The zero-order valence-electron chi connectivity index (χ0n) is 11.2. The van der Waals surface area contributed by atoms with E-state index in [2.05, 4.69) is 5.32 Å². The summed E-state index contributed by atoms with van der Waals surface area (Å²) in [5.74, 6) is 0.494. The van der Waals surface area contributed by atoms with Crippen molar-refractivity contribution in [1.82, 2.24) is 10.2 Å². The second-order valence-corrected chi connectivity index (χ2v) is 6.17. The van der Waals surface area contributed by atoms with E-state index in [0.717, 1.165) is 32.4 Å². The molecule has 3 fully saturated rings. The van der Waals surface area contributed by atoms with Gasteiger partial charge in [-0.3, -0.25) is 9.59 Å². The number of aliphatic carboxylic acids is 1. The maximum atomic E-state index is 12.7. The largest absolute Gasteiger partial charge is 0.481 e. The van der Waals surface area contributed by atoms with Gasteiger partial charge < -0.3 is 15.3 Å². The van der Waals surface area contributed by atoms with Crippen molar-refractivity contribution >= 4 is 11.9 Å². The summed E-state index contributed by atoms with van der Waals surface area (Å²) in [7, 11) is 0. The molecule has 1 aliphatic carbocycles. The number of carboxylic acid groups (broad SMARTS) is 1. The molecule has 0 aromatic carbocycles. The molecule has 0 spiro atoms. The van der Waals surface area contributed by atoms with Crippen LogP contribution in [-0.2, 0) is 9.59 Å². The predicted octanol–water partition coefficient (Wildman–Crippen LogP) is 0.840. The van der Waals surface area contributed by atoms with Crippen molar-refractivity contribution in [3.05, 3.63) is 0 Å². The van der Waals surface area contributed by atoms with Crippen molar-refractivity contribution in [1.29, 1.82) is 0 Å². The van der Waals surface area contributed by atoms with Crippen LogP contribution in [0.3, 0.4) is 0 Å². The van der Waals surface area contributed by atoms with Crippen LogP contribution in [0, 0.1) is 11.8 Å². The summed E-state index contributed by atoms with van der Waals surface area (Å²) < 4.78 is 0. The third-order valence-corrected chi connectivity index (χ3v) is 5.08. The van der Waals surface area contributed by atoms with Gasteiger partial charge in [-0.1, -0.05) is 6.42 Å². The van der Waals surface area contributed by atoms with Crippen LogP contribution in [0.2, 0.25) is 0 Å². The van der Waals surface area contributed by atoms with Crippen LogP contribution in [0.15, 0.2) is 0 Å². The summed E-state index contributed by atoms with van der Waals surface area (Å²) in [6.07, 6.45) is 5.47. The van der Waals surface area contributed by atoms with Gasteiger partial charge in [-0.25, -0.2) is 0 Å². The molecule has 0 radical (unpaired) electrons. The van der Waals surface area contributed by atoms with Gasteiger partial charge in [0, 0.05) is 12.6 Å². The molecule has 1 amide bonds. The third kappa shape index (κ3) is 2.36. The Labute approximate surface area is 113 Å². The Bertz CT molecular complexity index is 385. The lowest BCUT2D eigenvalue weighted by Gasteiger charge is -2.28. The summed E-state index contributed by atoms with van der Waals surface area (Å²) in [4.78, 5) is 25.4. The van der Waals surface area contributed by atoms with Crippen LogP contribution in [0.5, 0.6) is 0 Å². The van der Waals surface area contributed by atoms with Crippen molar-refractivity contribution < 1.29 is 14.7 Å². The number of carbonyl (C=O) groups excluding carboxylic acids is 1. The Morgan fingerprint density at radius 1 is 1.21 bits per heavy atom. The number of rotatable bonds is 3. The summed E-state index contributed by atoms with van der Waals surface area (Å²) in [5, 5.41) is 12.3. The van der Waals surface area contributed by atoms with Gasteiger partial charge in [-0.05, 0) is 44.1 Å². The molecule has 3 rings (SSSR count). The maximum absolute atomic E-state index is 12.7. The van der Waals surface area contributed by atoms with E-state index in [9.17, 15) is 9.59 Å². The lowest BCUT2D eigenvalue weighted by molar-refractivity contribution is -0.140. The fraction of sp³-hybridized carbons (Fsp3) is 0.857. The van der Waals surface area contributed by atoms with Gasteiger partial charge in [0.25, 0.3) is 0 Å². The lowest BCUT2D eigenvalue weighted by atomic mass is 9.93. The molecule has 4 unspecified atom stereocenters. The maximum Gasteiger partial charge on any atom is 0.305 e. The fourth-order valence-corrected chi connectivity index (χ4v) is 4.18. The molecule has 0 aromatic heterocycles. The first-order valence-corrected chi connectivity index (χ1v) is 7.42. The summed E-state index contributed by atoms with van der Waals surface area (Å²) in [6, 6.07) is -0.144. The van der Waals surface area contributed by atoms with E-state index in [1.807, 2.05) is 4.90 Å². The Balaban J connectivity index is 1.67. The predicted molar refractivity (Wildman–Crippen MR) is 69.6 cm³/mol. The van der Waals surface area contributed by atoms with E-state index in [-0.39, 0.29) is 24.4 Å². The fourth-order valence-electron chi connectivity index (χ4n) is 4.18. The van der Waals surface area contributed by atoms with Crippen LogP contribution >= 0.6 is 0 Å². The van der Waals surface area contributed by atoms with Gasteiger partial charge in [0.1, 0.15) is 0 Å². The molecule has 5 heteroatoms. The minimum absolute atomic E-state index is 0.0538. The number of amides is 1. The Hall–Kier alpha value is -1.10. The Morgan fingerprint density at radius 2 is 2.05 bits per heavy atom. The highest BCUT2D eigenvalue weighted by Gasteiger charge is 2.45. The van der Waals surface area contributed by atoms with E-state index in [0.29, 0.717) is 11.8 Å². The SMILES string of the molecule is O=C(O)CC1CCCN1C(=O)C1NCC2CCCC21. The van der Waals surface area contributed by atoms with Crippen molar-refractivity contribution in [2.24, 2.45) is 11.8 Å². The smallest absolute Gasteiger partial charge is 0.305 e. The number of nitrogens with zero attached hydrogens (tertiary/aromatic N) is 1.